The van der Waals surface area contributed by atoms with Crippen LogP contribution in [0.25, 0.3) is 22.2 Å². The zero-order valence-corrected chi connectivity index (χ0v) is 11.2. The first kappa shape index (κ1) is 12.5. The summed E-state index contributed by atoms with van der Waals surface area (Å²) >= 11 is 0. The predicted octanol–water partition coefficient (Wildman–Crippen LogP) is 3.94. The lowest BCUT2D eigenvalue weighted by Crippen LogP contribution is -1.90. The van der Waals surface area contributed by atoms with E-state index in [0.29, 0.717) is 0 Å². The Morgan fingerprint density at radius 3 is 2.55 bits per heavy atom. The molecule has 0 aliphatic rings. The molecule has 1 aromatic heterocycles. The number of fused-ring (bicyclic) bond motifs is 1. The van der Waals surface area contributed by atoms with Crippen molar-refractivity contribution in [2.75, 3.05) is 7.11 Å². The molecule has 1 N–H and O–H groups in total. The van der Waals surface area contributed by atoms with E-state index in [0.717, 1.165) is 33.7 Å². The summed E-state index contributed by atoms with van der Waals surface area (Å²) in [4.78, 5) is 4.69. The van der Waals surface area contributed by atoms with Crippen molar-refractivity contribution in [3.63, 3.8) is 0 Å². The maximum atomic E-state index is 5.26. The van der Waals surface area contributed by atoms with Gasteiger partial charge in [-0.05, 0) is 19.2 Å². The van der Waals surface area contributed by atoms with Gasteiger partial charge in [-0.1, -0.05) is 30.3 Å². The van der Waals surface area contributed by atoms with Crippen LogP contribution in [0, 0.1) is 7.11 Å². The number of nitrogens with zero attached hydrogens (tertiary/aromatic N) is 1. The number of rotatable bonds is 3. The molecule has 0 aliphatic carbocycles. The molecule has 3 heteroatoms. The van der Waals surface area contributed by atoms with Crippen LogP contribution < -0.4 is 4.74 Å². The van der Waals surface area contributed by atoms with E-state index in [1.165, 1.54) is 0 Å². The summed E-state index contributed by atoms with van der Waals surface area (Å²) in [5.41, 5.74) is 2.80. The fourth-order valence-electron chi connectivity index (χ4n) is 2.20. The zero-order chi connectivity index (χ0) is 13.9. The van der Waals surface area contributed by atoms with Crippen LogP contribution in [0.3, 0.4) is 0 Å². The van der Waals surface area contributed by atoms with Crippen LogP contribution >= 0.6 is 0 Å². The first-order chi connectivity index (χ1) is 9.81. The highest BCUT2D eigenvalue weighted by Gasteiger charge is 2.10. The Morgan fingerprint density at radius 2 is 1.85 bits per heavy atom. The molecule has 3 aromatic rings. The molecule has 0 saturated carbocycles. The minimum absolute atomic E-state index is 0.783. The molecule has 0 unspecified atom stereocenters. The number of ether oxygens (including phenoxy) is 2. The monoisotopic (exact) mass is 265 g/mol. The number of aromatic nitrogens is 1. The topological polar surface area (TPSA) is 34.9 Å². The van der Waals surface area contributed by atoms with Crippen LogP contribution in [0.1, 0.15) is 0 Å². The number of hydrogen-bond acceptors (Lipinski definition) is 2. The zero-order valence-electron chi connectivity index (χ0n) is 11.2. The molecule has 100 valence electrons. The van der Waals surface area contributed by atoms with E-state index in [4.69, 9.17) is 9.72 Å². The van der Waals surface area contributed by atoms with Crippen LogP contribution in [0.5, 0.6) is 11.5 Å². The predicted molar refractivity (Wildman–Crippen MR) is 80.8 cm³/mol. The van der Waals surface area contributed by atoms with E-state index < -0.39 is 0 Å². The highest BCUT2D eigenvalue weighted by Crippen LogP contribution is 2.32. The summed E-state index contributed by atoms with van der Waals surface area (Å²) in [5.74, 6) is 1.61. The van der Waals surface area contributed by atoms with Crippen LogP contribution in [0.2, 0.25) is 0 Å². The molecule has 0 aliphatic heterocycles. The minimum atomic E-state index is 0.783. The van der Waals surface area contributed by atoms with E-state index in [1.807, 2.05) is 54.6 Å². The fourth-order valence-corrected chi connectivity index (χ4v) is 2.20. The van der Waals surface area contributed by atoms with Gasteiger partial charge in [-0.2, -0.15) is 0 Å². The first-order valence-corrected chi connectivity index (χ1v) is 6.33. The number of methoxy groups -OCH3 is 1. The molecule has 0 bridgehead atoms. The molecule has 2 aromatic carbocycles. The summed E-state index contributed by atoms with van der Waals surface area (Å²) in [6.45, 7) is 0. The van der Waals surface area contributed by atoms with Crippen molar-refractivity contribution in [3.05, 3.63) is 61.7 Å². The Bertz CT molecular complexity index is 739. The Kier molecular flexibility index (Phi) is 3.25. The normalized spacial score (nSPS) is 10.5. The number of aliphatic hydroxyl groups is 1. The lowest BCUT2D eigenvalue weighted by molar-refractivity contribution is 0.190. The highest BCUT2D eigenvalue weighted by atomic mass is 16.5. The molecule has 0 spiro atoms. The quantitative estimate of drug-likeness (QED) is 0.531. The molecule has 0 atom stereocenters. The second-order valence-electron chi connectivity index (χ2n) is 4.43. The second kappa shape index (κ2) is 5.21. The average Bonchev–Trinajstić information content (AvgIpc) is 2.54. The van der Waals surface area contributed by atoms with Crippen molar-refractivity contribution in [2.45, 2.75) is 0 Å². The Hall–Kier alpha value is -2.55. The third kappa shape index (κ3) is 2.18. The second-order valence-corrected chi connectivity index (χ2v) is 4.43. The Labute approximate surface area is 117 Å². The van der Waals surface area contributed by atoms with E-state index >= 15 is 0 Å². The summed E-state index contributed by atoms with van der Waals surface area (Å²) < 4.78 is 9.36. The van der Waals surface area contributed by atoms with Gasteiger partial charge in [0.15, 0.2) is 0 Å². The lowest BCUT2D eigenvalue weighted by Gasteiger charge is -2.10. The molecule has 20 heavy (non-hydrogen) atoms. The Balaban J connectivity index is 2.24. The SMILES string of the molecule is [CH2-][OH+]c1cc(-c2ccccc2)nc2cc(OC)ccc12. The van der Waals surface area contributed by atoms with Gasteiger partial charge in [0.05, 0.1) is 29.8 Å². The van der Waals surface area contributed by atoms with Crippen molar-refractivity contribution < 1.29 is 9.47 Å². The van der Waals surface area contributed by atoms with Crippen molar-refractivity contribution in [1.82, 2.24) is 4.98 Å². The van der Waals surface area contributed by atoms with E-state index in [1.54, 1.807) is 7.11 Å². The van der Waals surface area contributed by atoms with E-state index in [2.05, 4.69) is 11.8 Å². The average molecular weight is 265 g/mol. The summed E-state index contributed by atoms with van der Waals surface area (Å²) in [5, 5.41) is 0.973. The largest absolute Gasteiger partial charge is 0.721 e. The van der Waals surface area contributed by atoms with Gasteiger partial charge in [0.1, 0.15) is 5.75 Å². The van der Waals surface area contributed by atoms with Gasteiger partial charge < -0.3 is 9.47 Å². The molecule has 0 amide bonds. The van der Waals surface area contributed by atoms with Crippen LogP contribution in [-0.2, 0) is 0 Å². The fraction of sp³-hybridized carbons (Fsp3) is 0.0588. The molecule has 0 fully saturated rings. The maximum Gasteiger partial charge on any atom is 0.237 e. The number of pyridine rings is 1. The molecular formula is C17H15NO2. The van der Waals surface area contributed by atoms with Crippen molar-refractivity contribution in [1.29, 1.82) is 0 Å². The van der Waals surface area contributed by atoms with Gasteiger partial charge >= 0.3 is 0 Å². The van der Waals surface area contributed by atoms with Gasteiger partial charge in [-0.25, -0.2) is 4.98 Å². The summed E-state index contributed by atoms with van der Waals surface area (Å²) in [6, 6.07) is 17.8. The third-order valence-electron chi connectivity index (χ3n) is 3.24. The maximum absolute atomic E-state index is 5.26. The van der Waals surface area contributed by atoms with E-state index in [9.17, 15) is 0 Å². The van der Waals surface area contributed by atoms with Crippen molar-refractivity contribution in [2.24, 2.45) is 0 Å². The molecule has 1 heterocycles. The molecule has 0 radical (unpaired) electrons. The summed E-state index contributed by atoms with van der Waals surface area (Å²) in [6.07, 6.45) is 0. The van der Waals surface area contributed by atoms with Gasteiger partial charge in [0.2, 0.25) is 5.75 Å². The molecule has 3 nitrogen and oxygen atoms in total. The number of aromatic hydroxyl groups is 1. The van der Waals surface area contributed by atoms with Gasteiger partial charge in [-0.15, -0.1) is 0 Å². The first-order valence-electron chi connectivity index (χ1n) is 6.33. The van der Waals surface area contributed by atoms with Crippen molar-refractivity contribution in [3.8, 4) is 22.8 Å². The number of hydrogen-bond donors (Lipinski definition) is 0. The molecule has 3 rings (SSSR count). The Morgan fingerprint density at radius 1 is 1.05 bits per heavy atom. The van der Waals surface area contributed by atoms with Crippen molar-refractivity contribution >= 4 is 10.9 Å². The van der Waals surface area contributed by atoms with Gasteiger partial charge in [-0.3, -0.25) is 0 Å². The third-order valence-corrected chi connectivity index (χ3v) is 3.24. The standard InChI is InChI=1S/C17H15NO2/c1-19-13-8-9-14-16(10-13)18-15(11-17(14)20-2)12-6-4-3-5-7-12/h3-11,20H,2H2,1H3. The lowest BCUT2D eigenvalue weighted by atomic mass is 10.1. The summed E-state index contributed by atoms with van der Waals surface area (Å²) in [7, 11) is 5.30. The smallest absolute Gasteiger partial charge is 0.237 e. The van der Waals surface area contributed by atoms with Gasteiger partial charge in [0, 0.05) is 11.6 Å². The van der Waals surface area contributed by atoms with Crippen LogP contribution in [0.15, 0.2) is 54.6 Å². The van der Waals surface area contributed by atoms with Gasteiger partial charge in [0.25, 0.3) is 0 Å². The van der Waals surface area contributed by atoms with Crippen LogP contribution in [-0.4, -0.2) is 16.8 Å². The molecular weight excluding hydrogens is 250 g/mol. The minimum Gasteiger partial charge on any atom is -0.721 e. The highest BCUT2D eigenvalue weighted by molar-refractivity contribution is 5.88. The molecule has 0 saturated heterocycles. The number of benzene rings is 2. The van der Waals surface area contributed by atoms with Crippen LogP contribution in [0.4, 0.5) is 0 Å². The van der Waals surface area contributed by atoms with E-state index in [-0.39, 0.29) is 0 Å².